The van der Waals surface area contributed by atoms with Crippen molar-refractivity contribution in [3.05, 3.63) is 39.4 Å². The smallest absolute Gasteiger partial charge is 0.305 e. The Morgan fingerprint density at radius 1 is 1.35 bits per heavy atom. The Labute approximate surface area is 95.6 Å². The van der Waals surface area contributed by atoms with E-state index < -0.39 is 33.7 Å². The lowest BCUT2D eigenvalue weighted by molar-refractivity contribution is -0.387. The van der Waals surface area contributed by atoms with Crippen LogP contribution < -0.4 is 5.32 Å². The number of benzene rings is 1. The van der Waals surface area contributed by atoms with E-state index in [0.29, 0.717) is 12.1 Å². The monoisotopic (exact) mass is 244 g/mol. The zero-order valence-electron chi connectivity index (χ0n) is 9.16. The van der Waals surface area contributed by atoms with Crippen LogP contribution in [0.4, 0.5) is 14.5 Å². The molecule has 0 aliphatic heterocycles. The van der Waals surface area contributed by atoms with Gasteiger partial charge < -0.3 is 5.32 Å². The van der Waals surface area contributed by atoms with Crippen LogP contribution in [0.25, 0.3) is 0 Å². The second-order valence-corrected chi connectivity index (χ2v) is 3.67. The van der Waals surface area contributed by atoms with Crippen LogP contribution in [0.3, 0.4) is 0 Å². The third-order valence-electron chi connectivity index (χ3n) is 1.90. The lowest BCUT2D eigenvalue weighted by Crippen LogP contribution is -2.30. The molecule has 0 aliphatic carbocycles. The molecule has 0 atom stereocenters. The van der Waals surface area contributed by atoms with Crippen molar-refractivity contribution >= 4 is 11.6 Å². The van der Waals surface area contributed by atoms with Crippen molar-refractivity contribution in [3.8, 4) is 0 Å². The quantitative estimate of drug-likeness (QED) is 0.653. The molecule has 0 aliphatic rings. The molecule has 7 heteroatoms. The molecule has 1 aromatic rings. The van der Waals surface area contributed by atoms with E-state index in [4.69, 9.17) is 0 Å². The lowest BCUT2D eigenvalue weighted by atomic mass is 10.1. The minimum Gasteiger partial charge on any atom is -0.350 e. The SMILES string of the molecule is CC(C)NC(=O)c1cc([N+](=O)[O-])c(F)cc1F. The normalized spacial score (nSPS) is 10.4. The first-order valence-corrected chi connectivity index (χ1v) is 4.77. The van der Waals surface area contributed by atoms with Crippen molar-refractivity contribution in [2.24, 2.45) is 0 Å². The number of hydrogen-bond acceptors (Lipinski definition) is 3. The van der Waals surface area contributed by atoms with E-state index in [9.17, 15) is 23.7 Å². The molecule has 0 fully saturated rings. The van der Waals surface area contributed by atoms with Crippen molar-refractivity contribution in [1.29, 1.82) is 0 Å². The third-order valence-corrected chi connectivity index (χ3v) is 1.90. The largest absolute Gasteiger partial charge is 0.350 e. The third kappa shape index (κ3) is 2.96. The Hall–Kier alpha value is -2.05. The Balaban J connectivity index is 3.20. The highest BCUT2D eigenvalue weighted by molar-refractivity contribution is 5.95. The number of amides is 1. The summed E-state index contributed by atoms with van der Waals surface area (Å²) in [6.07, 6.45) is 0. The van der Waals surface area contributed by atoms with E-state index >= 15 is 0 Å². The van der Waals surface area contributed by atoms with Gasteiger partial charge in [-0.15, -0.1) is 0 Å². The standard InChI is InChI=1S/C10H10F2N2O3/c1-5(2)13-10(15)6-3-9(14(16)17)8(12)4-7(6)11/h3-5H,1-2H3,(H,13,15). The minimum atomic E-state index is -1.31. The maximum Gasteiger partial charge on any atom is 0.305 e. The number of nitrogens with one attached hydrogen (secondary N) is 1. The fourth-order valence-electron chi connectivity index (χ4n) is 1.19. The molecule has 0 saturated heterocycles. The van der Waals surface area contributed by atoms with Crippen molar-refractivity contribution in [3.63, 3.8) is 0 Å². The van der Waals surface area contributed by atoms with Crippen molar-refractivity contribution in [2.75, 3.05) is 0 Å². The Morgan fingerprint density at radius 2 is 1.94 bits per heavy atom. The average Bonchev–Trinajstić information content (AvgIpc) is 2.15. The Bertz CT molecular complexity index is 475. The van der Waals surface area contributed by atoms with Crippen molar-refractivity contribution < 1.29 is 18.5 Å². The number of rotatable bonds is 3. The first-order chi connectivity index (χ1) is 7.82. The summed E-state index contributed by atoms with van der Waals surface area (Å²) in [5, 5.41) is 12.8. The molecule has 1 aromatic carbocycles. The molecule has 0 aromatic heterocycles. The number of halogens is 2. The summed E-state index contributed by atoms with van der Waals surface area (Å²) >= 11 is 0. The van der Waals surface area contributed by atoms with Gasteiger partial charge in [-0.2, -0.15) is 4.39 Å². The van der Waals surface area contributed by atoms with E-state index in [0.717, 1.165) is 0 Å². The summed E-state index contributed by atoms with van der Waals surface area (Å²) in [7, 11) is 0. The maximum atomic E-state index is 13.3. The fraction of sp³-hybridized carbons (Fsp3) is 0.300. The van der Waals surface area contributed by atoms with Crippen LogP contribution in [0.15, 0.2) is 12.1 Å². The minimum absolute atomic E-state index is 0.258. The van der Waals surface area contributed by atoms with E-state index in [1.54, 1.807) is 13.8 Å². The van der Waals surface area contributed by atoms with Gasteiger partial charge in [0.1, 0.15) is 5.82 Å². The molecule has 0 saturated carbocycles. The maximum absolute atomic E-state index is 13.3. The zero-order chi connectivity index (χ0) is 13.2. The van der Waals surface area contributed by atoms with Gasteiger partial charge in [0.05, 0.1) is 10.5 Å². The summed E-state index contributed by atoms with van der Waals surface area (Å²) in [5.41, 5.74) is -1.48. The van der Waals surface area contributed by atoms with Crippen LogP contribution in [0, 0.1) is 21.7 Å². The summed E-state index contributed by atoms with van der Waals surface area (Å²) < 4.78 is 26.3. The molecule has 0 spiro atoms. The average molecular weight is 244 g/mol. The molecular weight excluding hydrogens is 234 g/mol. The van der Waals surface area contributed by atoms with E-state index in [-0.39, 0.29) is 6.04 Å². The number of hydrogen-bond donors (Lipinski definition) is 1. The summed E-state index contributed by atoms with van der Waals surface area (Å²) in [6, 6.07) is 0.654. The Morgan fingerprint density at radius 3 is 2.41 bits per heavy atom. The summed E-state index contributed by atoms with van der Waals surface area (Å²) in [6.45, 7) is 3.29. The first-order valence-electron chi connectivity index (χ1n) is 4.77. The summed E-state index contributed by atoms with van der Waals surface area (Å²) in [4.78, 5) is 20.9. The second kappa shape index (κ2) is 4.86. The molecule has 0 radical (unpaired) electrons. The van der Waals surface area contributed by atoms with Gasteiger partial charge in [-0.05, 0) is 13.8 Å². The molecule has 5 nitrogen and oxygen atoms in total. The van der Waals surface area contributed by atoms with Gasteiger partial charge in [0.15, 0.2) is 0 Å². The number of nitro groups is 1. The van der Waals surface area contributed by atoms with E-state index in [1.807, 2.05) is 0 Å². The predicted molar refractivity (Wildman–Crippen MR) is 55.6 cm³/mol. The van der Waals surface area contributed by atoms with Gasteiger partial charge in [0.25, 0.3) is 5.91 Å². The van der Waals surface area contributed by atoms with Crippen LogP contribution in [0.1, 0.15) is 24.2 Å². The zero-order valence-corrected chi connectivity index (χ0v) is 9.16. The molecule has 0 heterocycles. The molecular formula is C10H10F2N2O3. The highest BCUT2D eigenvalue weighted by Gasteiger charge is 2.22. The highest BCUT2D eigenvalue weighted by atomic mass is 19.1. The number of nitrogens with zero attached hydrogens (tertiary/aromatic N) is 1. The number of carbonyl (C=O) groups is 1. The van der Waals surface area contributed by atoms with Crippen molar-refractivity contribution in [1.82, 2.24) is 5.32 Å². The number of nitro benzene ring substituents is 1. The van der Waals surface area contributed by atoms with Crippen LogP contribution in [-0.4, -0.2) is 16.9 Å². The molecule has 0 bridgehead atoms. The van der Waals surface area contributed by atoms with E-state index in [1.165, 1.54) is 0 Å². The van der Waals surface area contributed by atoms with Crippen LogP contribution in [-0.2, 0) is 0 Å². The lowest BCUT2D eigenvalue weighted by Gasteiger charge is -2.08. The first kappa shape index (κ1) is 13.0. The topological polar surface area (TPSA) is 72.2 Å². The van der Waals surface area contributed by atoms with Gasteiger partial charge in [-0.25, -0.2) is 4.39 Å². The summed E-state index contributed by atoms with van der Waals surface area (Å²) in [5.74, 6) is -3.26. The van der Waals surface area contributed by atoms with Gasteiger partial charge in [0, 0.05) is 18.2 Å². The van der Waals surface area contributed by atoms with Crippen LogP contribution in [0.2, 0.25) is 0 Å². The van der Waals surface area contributed by atoms with E-state index in [2.05, 4.69) is 5.32 Å². The Kier molecular flexibility index (Phi) is 3.72. The van der Waals surface area contributed by atoms with Gasteiger partial charge in [-0.3, -0.25) is 14.9 Å². The molecule has 1 N–H and O–H groups in total. The highest BCUT2D eigenvalue weighted by Crippen LogP contribution is 2.21. The van der Waals surface area contributed by atoms with Crippen molar-refractivity contribution in [2.45, 2.75) is 19.9 Å². The molecule has 1 amide bonds. The number of carbonyl (C=O) groups excluding carboxylic acids is 1. The molecule has 92 valence electrons. The van der Waals surface area contributed by atoms with Crippen LogP contribution in [0.5, 0.6) is 0 Å². The van der Waals surface area contributed by atoms with Gasteiger partial charge >= 0.3 is 5.69 Å². The van der Waals surface area contributed by atoms with Gasteiger partial charge in [-0.1, -0.05) is 0 Å². The molecule has 17 heavy (non-hydrogen) atoms. The molecule has 0 unspecified atom stereocenters. The van der Waals surface area contributed by atoms with Crippen LogP contribution >= 0.6 is 0 Å². The van der Waals surface area contributed by atoms with Gasteiger partial charge in [0.2, 0.25) is 5.82 Å². The second-order valence-electron chi connectivity index (χ2n) is 3.67. The fourth-order valence-corrected chi connectivity index (χ4v) is 1.19. The predicted octanol–water partition coefficient (Wildman–Crippen LogP) is 2.01. The molecule has 1 rings (SSSR count).